The molecule has 28 heavy (non-hydrogen) atoms. The van der Waals surface area contributed by atoms with E-state index in [0.717, 1.165) is 43.8 Å². The number of methoxy groups -OCH3 is 1. The predicted molar refractivity (Wildman–Crippen MR) is 106 cm³/mol. The van der Waals surface area contributed by atoms with Gasteiger partial charge in [-0.3, -0.25) is 9.69 Å². The van der Waals surface area contributed by atoms with Gasteiger partial charge in [-0.1, -0.05) is 35.6 Å². The van der Waals surface area contributed by atoms with Crippen LogP contribution in [0.5, 0.6) is 5.75 Å². The number of para-hydroxylation sites is 1. The summed E-state index contributed by atoms with van der Waals surface area (Å²) >= 11 is 0. The Bertz CT molecular complexity index is 805. The van der Waals surface area contributed by atoms with Gasteiger partial charge in [-0.25, -0.2) is 4.68 Å². The van der Waals surface area contributed by atoms with Crippen molar-refractivity contribution in [3.05, 3.63) is 47.8 Å². The lowest BCUT2D eigenvalue weighted by atomic mass is 10.1. The number of hydrogen-bond acceptors (Lipinski definition) is 6. The summed E-state index contributed by atoms with van der Waals surface area (Å²) in [6, 6.07) is 8.14. The van der Waals surface area contributed by atoms with Gasteiger partial charge in [0, 0.05) is 25.2 Å². The maximum Gasteiger partial charge on any atom is 0.273 e. The highest BCUT2D eigenvalue weighted by atomic mass is 16.5. The molecule has 1 unspecified atom stereocenters. The number of aliphatic hydroxyl groups is 1. The van der Waals surface area contributed by atoms with Crippen molar-refractivity contribution in [2.75, 3.05) is 39.9 Å². The number of rotatable bonds is 8. The second-order valence-corrected chi connectivity index (χ2v) is 6.76. The molecule has 1 aliphatic heterocycles. The van der Waals surface area contributed by atoms with Gasteiger partial charge >= 0.3 is 0 Å². The standard InChI is InChI=1S/C20H27N5O3/c1-28-19-9-3-2-6-16(19)7-4-11-24-12-5-8-17(14-24)25-15-18(22-23-25)20(27)21-10-13-26/h2-4,6-7,9,15,17,26H,5,8,10-14H2,1H3,(H,21,27)/b7-4+. The lowest BCUT2D eigenvalue weighted by Crippen LogP contribution is -2.36. The Morgan fingerprint density at radius 1 is 1.43 bits per heavy atom. The molecular formula is C20H27N5O3. The minimum absolute atomic E-state index is 0.0974. The molecule has 1 aromatic heterocycles. The highest BCUT2D eigenvalue weighted by molar-refractivity contribution is 5.91. The maximum absolute atomic E-state index is 11.9. The van der Waals surface area contributed by atoms with Gasteiger partial charge in [-0.2, -0.15) is 0 Å². The normalized spacial score (nSPS) is 17.7. The van der Waals surface area contributed by atoms with Crippen LogP contribution in [-0.2, 0) is 0 Å². The highest BCUT2D eigenvalue weighted by Gasteiger charge is 2.22. The van der Waals surface area contributed by atoms with Gasteiger partial charge in [0.1, 0.15) is 5.75 Å². The summed E-state index contributed by atoms with van der Waals surface area (Å²) in [5.41, 5.74) is 1.34. The third kappa shape index (κ3) is 5.17. The molecule has 2 aromatic rings. The molecule has 3 rings (SSSR count). The van der Waals surface area contributed by atoms with Crippen molar-refractivity contribution in [3.8, 4) is 5.75 Å². The van der Waals surface area contributed by atoms with Gasteiger partial charge in [0.05, 0.1) is 26.0 Å². The van der Waals surface area contributed by atoms with Crippen LogP contribution in [0.4, 0.5) is 0 Å². The fourth-order valence-corrected chi connectivity index (χ4v) is 3.36. The summed E-state index contributed by atoms with van der Waals surface area (Å²) in [4.78, 5) is 14.3. The highest BCUT2D eigenvalue weighted by Crippen LogP contribution is 2.22. The first kappa shape index (κ1) is 20.0. The monoisotopic (exact) mass is 385 g/mol. The van der Waals surface area contributed by atoms with Crippen LogP contribution in [0.15, 0.2) is 36.5 Å². The van der Waals surface area contributed by atoms with E-state index in [4.69, 9.17) is 9.84 Å². The third-order valence-electron chi connectivity index (χ3n) is 4.79. The Morgan fingerprint density at radius 2 is 2.29 bits per heavy atom. The summed E-state index contributed by atoms with van der Waals surface area (Å²) in [6.07, 6.45) is 8.00. The van der Waals surface area contributed by atoms with Gasteiger partial charge < -0.3 is 15.2 Å². The van der Waals surface area contributed by atoms with Crippen molar-refractivity contribution < 1.29 is 14.6 Å². The van der Waals surface area contributed by atoms with Crippen molar-refractivity contribution in [1.82, 2.24) is 25.2 Å². The summed E-state index contributed by atoms with van der Waals surface area (Å²) in [5.74, 6) is 0.553. The van der Waals surface area contributed by atoms with Crippen LogP contribution >= 0.6 is 0 Å². The van der Waals surface area contributed by atoms with Crippen LogP contribution in [-0.4, -0.2) is 70.8 Å². The van der Waals surface area contributed by atoms with Crippen LogP contribution in [0.25, 0.3) is 6.08 Å². The van der Waals surface area contributed by atoms with E-state index in [1.54, 1.807) is 18.0 Å². The number of hydrogen-bond donors (Lipinski definition) is 2. The molecule has 1 aromatic carbocycles. The van der Waals surface area contributed by atoms with Crippen molar-refractivity contribution in [2.45, 2.75) is 18.9 Å². The second-order valence-electron chi connectivity index (χ2n) is 6.76. The lowest BCUT2D eigenvalue weighted by molar-refractivity contribution is 0.0939. The topological polar surface area (TPSA) is 92.5 Å². The Kier molecular flexibility index (Phi) is 7.16. The minimum Gasteiger partial charge on any atom is -0.496 e. The van der Waals surface area contributed by atoms with Crippen LogP contribution in [0.3, 0.4) is 0 Å². The molecule has 8 heteroatoms. The van der Waals surface area contributed by atoms with E-state index in [0.29, 0.717) is 0 Å². The van der Waals surface area contributed by atoms with Crippen LogP contribution < -0.4 is 10.1 Å². The van der Waals surface area contributed by atoms with Gasteiger partial charge in [0.25, 0.3) is 5.91 Å². The van der Waals surface area contributed by atoms with Gasteiger partial charge in [0.2, 0.25) is 0 Å². The molecule has 0 radical (unpaired) electrons. The summed E-state index contributed by atoms with van der Waals surface area (Å²) in [5, 5.41) is 19.5. The molecule has 1 aliphatic rings. The average molecular weight is 385 g/mol. The number of aromatic nitrogens is 3. The zero-order chi connectivity index (χ0) is 19.8. The number of carbonyl (C=O) groups is 1. The Balaban J connectivity index is 1.56. The summed E-state index contributed by atoms with van der Waals surface area (Å²) in [6.45, 7) is 2.84. The molecule has 2 heterocycles. The largest absolute Gasteiger partial charge is 0.496 e. The Labute approximate surface area is 164 Å². The molecule has 8 nitrogen and oxygen atoms in total. The van der Waals surface area contributed by atoms with E-state index >= 15 is 0 Å². The number of nitrogens with zero attached hydrogens (tertiary/aromatic N) is 4. The Morgan fingerprint density at radius 3 is 3.11 bits per heavy atom. The second kappa shape index (κ2) is 10.0. The van der Waals surface area contributed by atoms with E-state index in [9.17, 15) is 4.79 Å². The molecule has 1 fully saturated rings. The lowest BCUT2D eigenvalue weighted by Gasteiger charge is -2.31. The van der Waals surface area contributed by atoms with Gasteiger partial charge in [-0.05, 0) is 25.5 Å². The SMILES string of the molecule is COc1ccccc1/C=C/CN1CCCC(n2cc(C(=O)NCCO)nn2)C1. The number of benzene rings is 1. The van der Waals surface area contributed by atoms with E-state index < -0.39 is 0 Å². The van der Waals surface area contributed by atoms with E-state index in [2.05, 4.69) is 32.7 Å². The number of likely N-dealkylation sites (tertiary alicyclic amines) is 1. The molecule has 1 saturated heterocycles. The van der Waals surface area contributed by atoms with Crippen LogP contribution in [0.2, 0.25) is 0 Å². The number of ether oxygens (including phenoxy) is 1. The first-order chi connectivity index (χ1) is 13.7. The van der Waals surface area contributed by atoms with Gasteiger partial charge in [0.15, 0.2) is 5.69 Å². The molecule has 1 amide bonds. The fraction of sp³-hybridized carbons (Fsp3) is 0.450. The zero-order valence-corrected chi connectivity index (χ0v) is 16.1. The summed E-state index contributed by atoms with van der Waals surface area (Å²) in [7, 11) is 1.68. The molecule has 0 bridgehead atoms. The number of aliphatic hydroxyl groups excluding tert-OH is 1. The fourth-order valence-electron chi connectivity index (χ4n) is 3.36. The quantitative estimate of drug-likeness (QED) is 0.713. The van der Waals surface area contributed by atoms with E-state index in [1.165, 1.54) is 0 Å². The smallest absolute Gasteiger partial charge is 0.273 e. The van der Waals surface area contributed by atoms with Crippen LogP contribution in [0, 0.1) is 0 Å². The number of amides is 1. The Hall–Kier alpha value is -2.71. The first-order valence-electron chi connectivity index (χ1n) is 9.54. The minimum atomic E-state index is -0.312. The van der Waals surface area contributed by atoms with Crippen molar-refractivity contribution in [1.29, 1.82) is 0 Å². The summed E-state index contributed by atoms with van der Waals surface area (Å²) < 4.78 is 7.16. The van der Waals surface area contributed by atoms with E-state index in [-0.39, 0.29) is 30.8 Å². The molecule has 0 spiro atoms. The average Bonchev–Trinajstić information content (AvgIpc) is 3.23. The maximum atomic E-state index is 11.9. The van der Waals surface area contributed by atoms with Crippen molar-refractivity contribution in [3.63, 3.8) is 0 Å². The molecule has 0 aliphatic carbocycles. The predicted octanol–water partition coefficient (Wildman–Crippen LogP) is 1.36. The van der Waals surface area contributed by atoms with Crippen molar-refractivity contribution >= 4 is 12.0 Å². The molecule has 150 valence electrons. The molecule has 1 atom stereocenters. The number of nitrogens with one attached hydrogen (secondary N) is 1. The zero-order valence-electron chi connectivity index (χ0n) is 16.1. The number of piperidine rings is 1. The molecule has 0 saturated carbocycles. The van der Waals surface area contributed by atoms with Crippen molar-refractivity contribution in [2.24, 2.45) is 0 Å². The van der Waals surface area contributed by atoms with Crippen LogP contribution in [0.1, 0.15) is 34.9 Å². The molecular weight excluding hydrogens is 358 g/mol. The van der Waals surface area contributed by atoms with Gasteiger partial charge in [-0.15, -0.1) is 5.10 Å². The number of carbonyl (C=O) groups excluding carboxylic acids is 1. The van der Waals surface area contributed by atoms with E-state index in [1.807, 2.05) is 24.3 Å². The third-order valence-corrected chi connectivity index (χ3v) is 4.79. The first-order valence-corrected chi connectivity index (χ1v) is 9.54. The molecule has 2 N–H and O–H groups in total.